The predicted molar refractivity (Wildman–Crippen MR) is 95.7 cm³/mol. The monoisotopic (exact) mass is 327 g/mol. The number of benzene rings is 2. The second kappa shape index (κ2) is 8.96. The molecule has 0 aliphatic carbocycles. The van der Waals surface area contributed by atoms with E-state index in [4.69, 9.17) is 9.47 Å². The lowest BCUT2D eigenvalue weighted by Crippen LogP contribution is -2.26. The highest BCUT2D eigenvalue weighted by atomic mass is 16.5. The molecule has 0 aliphatic heterocycles. The van der Waals surface area contributed by atoms with Crippen molar-refractivity contribution in [2.24, 2.45) is 0 Å². The summed E-state index contributed by atoms with van der Waals surface area (Å²) in [5.41, 5.74) is 2.24. The third kappa shape index (κ3) is 5.01. The molecular formula is C20H25NO3. The molecule has 2 aromatic rings. The van der Waals surface area contributed by atoms with Crippen LogP contribution in [0.25, 0.3) is 0 Å². The van der Waals surface area contributed by atoms with E-state index in [0.29, 0.717) is 13.0 Å². The van der Waals surface area contributed by atoms with E-state index in [1.807, 2.05) is 36.4 Å². The average Bonchev–Trinajstić information content (AvgIpc) is 2.62. The van der Waals surface area contributed by atoms with Crippen LogP contribution in [0.3, 0.4) is 0 Å². The lowest BCUT2D eigenvalue weighted by Gasteiger charge is -2.13. The van der Waals surface area contributed by atoms with Gasteiger partial charge in [-0.25, -0.2) is 0 Å². The van der Waals surface area contributed by atoms with Crippen LogP contribution < -0.4 is 14.8 Å². The van der Waals surface area contributed by atoms with Gasteiger partial charge in [-0.3, -0.25) is 4.79 Å². The molecule has 1 atom stereocenters. The molecule has 0 spiro atoms. The Labute approximate surface area is 143 Å². The third-order valence-corrected chi connectivity index (χ3v) is 4.07. The first-order valence-corrected chi connectivity index (χ1v) is 8.16. The van der Waals surface area contributed by atoms with E-state index >= 15 is 0 Å². The van der Waals surface area contributed by atoms with Crippen LogP contribution in [0, 0.1) is 0 Å². The number of nitrogens with one attached hydrogen (secondary N) is 1. The van der Waals surface area contributed by atoms with Crippen LogP contribution in [-0.4, -0.2) is 26.7 Å². The summed E-state index contributed by atoms with van der Waals surface area (Å²) in [5.74, 6) is 1.82. The Morgan fingerprint density at radius 1 is 1.08 bits per heavy atom. The second-order valence-corrected chi connectivity index (χ2v) is 5.79. The number of carbonyl (C=O) groups excluding carboxylic acids is 1. The minimum absolute atomic E-state index is 0.0684. The van der Waals surface area contributed by atoms with Crippen molar-refractivity contribution >= 4 is 5.91 Å². The van der Waals surface area contributed by atoms with E-state index in [-0.39, 0.29) is 11.8 Å². The number of carbonyl (C=O) groups is 1. The number of ether oxygens (including phenoxy) is 2. The highest BCUT2D eigenvalue weighted by molar-refractivity contribution is 5.76. The Hall–Kier alpha value is -2.49. The van der Waals surface area contributed by atoms with Gasteiger partial charge in [-0.15, -0.1) is 0 Å². The van der Waals surface area contributed by atoms with E-state index in [1.54, 1.807) is 14.2 Å². The second-order valence-electron chi connectivity index (χ2n) is 5.79. The average molecular weight is 327 g/mol. The molecule has 4 heteroatoms. The van der Waals surface area contributed by atoms with Gasteiger partial charge in [-0.05, 0) is 29.5 Å². The van der Waals surface area contributed by atoms with Crippen LogP contribution in [-0.2, 0) is 11.2 Å². The summed E-state index contributed by atoms with van der Waals surface area (Å²) in [6, 6.07) is 15.8. The molecule has 1 unspecified atom stereocenters. The number of hydrogen-bond acceptors (Lipinski definition) is 3. The minimum atomic E-state index is 0.0684. The van der Waals surface area contributed by atoms with E-state index in [0.717, 1.165) is 23.5 Å². The van der Waals surface area contributed by atoms with Crippen LogP contribution in [0.1, 0.15) is 30.4 Å². The third-order valence-electron chi connectivity index (χ3n) is 4.07. The zero-order chi connectivity index (χ0) is 17.4. The fraction of sp³-hybridized carbons (Fsp3) is 0.350. The van der Waals surface area contributed by atoms with E-state index < -0.39 is 0 Å². The van der Waals surface area contributed by atoms with Crippen LogP contribution in [0.5, 0.6) is 11.5 Å². The number of hydrogen-bond donors (Lipinski definition) is 1. The normalized spacial score (nSPS) is 11.6. The number of amides is 1. The SMILES string of the molecule is COc1ccc(CCNC(=O)CC(C)c2ccccc2)c(OC)c1. The van der Waals surface area contributed by atoms with Crippen molar-refractivity contribution in [1.82, 2.24) is 5.32 Å². The van der Waals surface area contributed by atoms with Gasteiger partial charge in [0, 0.05) is 19.0 Å². The van der Waals surface area contributed by atoms with Crippen LogP contribution in [0.4, 0.5) is 0 Å². The van der Waals surface area contributed by atoms with Gasteiger partial charge in [-0.1, -0.05) is 43.3 Å². The van der Waals surface area contributed by atoms with E-state index in [1.165, 1.54) is 5.56 Å². The lowest BCUT2D eigenvalue weighted by molar-refractivity contribution is -0.121. The molecule has 0 aliphatic rings. The maximum Gasteiger partial charge on any atom is 0.220 e. The van der Waals surface area contributed by atoms with Gasteiger partial charge in [0.25, 0.3) is 0 Å². The first kappa shape index (κ1) is 17.9. The molecule has 0 aromatic heterocycles. The Kier molecular flexibility index (Phi) is 6.67. The largest absolute Gasteiger partial charge is 0.497 e. The van der Waals surface area contributed by atoms with Gasteiger partial charge in [0.05, 0.1) is 14.2 Å². The molecule has 0 saturated carbocycles. The van der Waals surface area contributed by atoms with Crippen molar-refractivity contribution in [1.29, 1.82) is 0 Å². The van der Waals surface area contributed by atoms with Crippen molar-refractivity contribution in [3.63, 3.8) is 0 Å². The molecule has 2 rings (SSSR count). The zero-order valence-corrected chi connectivity index (χ0v) is 14.5. The molecule has 1 amide bonds. The first-order valence-electron chi connectivity index (χ1n) is 8.16. The topological polar surface area (TPSA) is 47.6 Å². The summed E-state index contributed by atoms with van der Waals surface area (Å²) in [4.78, 5) is 12.1. The summed E-state index contributed by atoms with van der Waals surface area (Å²) in [6.07, 6.45) is 1.21. The molecule has 0 heterocycles. The van der Waals surface area contributed by atoms with Crippen LogP contribution in [0.15, 0.2) is 48.5 Å². The summed E-state index contributed by atoms with van der Waals surface area (Å²) >= 11 is 0. The van der Waals surface area contributed by atoms with Crippen molar-refractivity contribution in [2.45, 2.75) is 25.7 Å². The van der Waals surface area contributed by atoms with Crippen molar-refractivity contribution in [3.05, 3.63) is 59.7 Å². The van der Waals surface area contributed by atoms with Gasteiger partial charge in [0.15, 0.2) is 0 Å². The Balaban J connectivity index is 1.82. The van der Waals surface area contributed by atoms with Crippen LogP contribution >= 0.6 is 0 Å². The van der Waals surface area contributed by atoms with Gasteiger partial charge < -0.3 is 14.8 Å². The fourth-order valence-corrected chi connectivity index (χ4v) is 2.64. The molecular weight excluding hydrogens is 302 g/mol. The molecule has 0 bridgehead atoms. The quantitative estimate of drug-likeness (QED) is 0.806. The minimum Gasteiger partial charge on any atom is -0.497 e. The van der Waals surface area contributed by atoms with Crippen molar-refractivity contribution in [2.75, 3.05) is 20.8 Å². The molecule has 2 aromatic carbocycles. The summed E-state index contributed by atoms with van der Waals surface area (Å²) in [6.45, 7) is 2.66. The molecule has 24 heavy (non-hydrogen) atoms. The first-order chi connectivity index (χ1) is 11.6. The molecule has 0 radical (unpaired) electrons. The molecule has 0 fully saturated rings. The highest BCUT2D eigenvalue weighted by Gasteiger charge is 2.11. The molecule has 128 valence electrons. The Morgan fingerprint density at radius 3 is 2.50 bits per heavy atom. The molecule has 1 N–H and O–H groups in total. The van der Waals surface area contributed by atoms with Crippen molar-refractivity contribution < 1.29 is 14.3 Å². The standard InChI is InChI=1S/C20H25NO3/c1-15(16-7-5-4-6-8-16)13-20(22)21-12-11-17-9-10-18(23-2)14-19(17)24-3/h4-10,14-15H,11-13H2,1-3H3,(H,21,22). The Bertz CT molecular complexity index is 655. The number of rotatable bonds is 8. The lowest BCUT2D eigenvalue weighted by atomic mass is 9.97. The zero-order valence-electron chi connectivity index (χ0n) is 14.5. The summed E-state index contributed by atoms with van der Waals surface area (Å²) in [5, 5.41) is 2.99. The fourth-order valence-electron chi connectivity index (χ4n) is 2.64. The maximum atomic E-state index is 12.1. The van der Waals surface area contributed by atoms with Crippen molar-refractivity contribution in [3.8, 4) is 11.5 Å². The summed E-state index contributed by atoms with van der Waals surface area (Å²) < 4.78 is 10.6. The Morgan fingerprint density at radius 2 is 1.83 bits per heavy atom. The highest BCUT2D eigenvalue weighted by Crippen LogP contribution is 2.24. The van der Waals surface area contributed by atoms with E-state index in [2.05, 4.69) is 24.4 Å². The number of methoxy groups -OCH3 is 2. The van der Waals surface area contributed by atoms with Gasteiger partial charge in [0.1, 0.15) is 11.5 Å². The van der Waals surface area contributed by atoms with Gasteiger partial charge >= 0.3 is 0 Å². The summed E-state index contributed by atoms with van der Waals surface area (Å²) in [7, 11) is 3.26. The van der Waals surface area contributed by atoms with E-state index in [9.17, 15) is 4.79 Å². The molecule has 4 nitrogen and oxygen atoms in total. The smallest absolute Gasteiger partial charge is 0.220 e. The maximum absolute atomic E-state index is 12.1. The van der Waals surface area contributed by atoms with Crippen LogP contribution in [0.2, 0.25) is 0 Å². The van der Waals surface area contributed by atoms with Gasteiger partial charge in [-0.2, -0.15) is 0 Å². The molecule has 0 saturated heterocycles. The predicted octanol–water partition coefficient (Wildman–Crippen LogP) is 3.56. The van der Waals surface area contributed by atoms with Gasteiger partial charge in [0.2, 0.25) is 5.91 Å².